The van der Waals surface area contributed by atoms with Crippen LogP contribution in [0.3, 0.4) is 0 Å². The average molecular weight is 319 g/mol. The molecule has 2 rings (SSSR count). The van der Waals surface area contributed by atoms with Gasteiger partial charge in [0.15, 0.2) is 0 Å². The molecule has 0 aliphatic carbocycles. The second-order valence-electron chi connectivity index (χ2n) is 5.73. The fourth-order valence-electron chi connectivity index (χ4n) is 2.68. The quantitative estimate of drug-likeness (QED) is 0.683. The van der Waals surface area contributed by atoms with E-state index in [0.717, 1.165) is 44.8 Å². The summed E-state index contributed by atoms with van der Waals surface area (Å²) in [7, 11) is 0. The molecule has 6 heteroatoms. The molecule has 2 amide bonds. The van der Waals surface area contributed by atoms with Crippen molar-refractivity contribution >= 4 is 11.8 Å². The van der Waals surface area contributed by atoms with E-state index in [2.05, 4.69) is 10.2 Å². The van der Waals surface area contributed by atoms with Crippen molar-refractivity contribution in [2.45, 2.75) is 18.8 Å². The van der Waals surface area contributed by atoms with E-state index < -0.39 is 11.8 Å². The molecule has 1 aliphatic rings. The van der Waals surface area contributed by atoms with Gasteiger partial charge in [0, 0.05) is 26.1 Å². The number of carbonyl (C=O) groups excluding carboxylic acids is 2. The van der Waals surface area contributed by atoms with Gasteiger partial charge < -0.3 is 15.8 Å². The number of hydrogen-bond acceptors (Lipinski definition) is 4. The molecule has 1 unspecified atom stereocenters. The Balaban J connectivity index is 1.71. The first kappa shape index (κ1) is 17.4. The van der Waals surface area contributed by atoms with Crippen molar-refractivity contribution in [2.24, 2.45) is 5.73 Å². The monoisotopic (exact) mass is 319 g/mol. The lowest BCUT2D eigenvalue weighted by Gasteiger charge is -2.26. The number of nitrogens with zero attached hydrogens (tertiary/aromatic N) is 1. The van der Waals surface area contributed by atoms with Gasteiger partial charge in [-0.25, -0.2) is 0 Å². The van der Waals surface area contributed by atoms with Crippen molar-refractivity contribution in [1.82, 2.24) is 10.2 Å². The summed E-state index contributed by atoms with van der Waals surface area (Å²) < 4.78 is 5.30. The zero-order valence-electron chi connectivity index (χ0n) is 13.4. The number of ether oxygens (including phenoxy) is 1. The normalized spacial score (nSPS) is 16.7. The van der Waals surface area contributed by atoms with Gasteiger partial charge in [-0.2, -0.15) is 0 Å². The van der Waals surface area contributed by atoms with Crippen molar-refractivity contribution in [3.8, 4) is 0 Å². The van der Waals surface area contributed by atoms with Crippen LogP contribution in [-0.2, 0) is 14.3 Å². The van der Waals surface area contributed by atoms with Gasteiger partial charge in [-0.05, 0) is 18.5 Å². The molecule has 0 aromatic heterocycles. The van der Waals surface area contributed by atoms with Gasteiger partial charge >= 0.3 is 0 Å². The third-order valence-corrected chi connectivity index (χ3v) is 4.01. The first-order chi connectivity index (χ1) is 11.2. The predicted octanol–water partition coefficient (Wildman–Crippen LogP) is 0.484. The van der Waals surface area contributed by atoms with Crippen molar-refractivity contribution in [3.05, 3.63) is 35.9 Å². The number of hydrogen-bond donors (Lipinski definition) is 2. The molecule has 0 spiro atoms. The Labute approximate surface area is 137 Å². The smallest absolute Gasteiger partial charge is 0.225 e. The van der Waals surface area contributed by atoms with Crippen LogP contribution in [0.4, 0.5) is 0 Å². The summed E-state index contributed by atoms with van der Waals surface area (Å²) >= 11 is 0. The van der Waals surface area contributed by atoms with Crippen LogP contribution < -0.4 is 11.1 Å². The molecule has 1 atom stereocenters. The maximum absolute atomic E-state index is 12.0. The van der Waals surface area contributed by atoms with E-state index in [1.807, 2.05) is 30.3 Å². The highest BCUT2D eigenvalue weighted by Crippen LogP contribution is 2.18. The van der Waals surface area contributed by atoms with Gasteiger partial charge in [0.05, 0.1) is 19.1 Å². The minimum absolute atomic E-state index is 0.0941. The van der Waals surface area contributed by atoms with Crippen LogP contribution in [0.15, 0.2) is 30.3 Å². The van der Waals surface area contributed by atoms with E-state index in [1.54, 1.807) is 0 Å². The number of carbonyl (C=O) groups is 2. The fourth-order valence-corrected chi connectivity index (χ4v) is 2.68. The number of morpholine rings is 1. The molecule has 1 aromatic rings. The molecular formula is C17H25N3O3. The van der Waals surface area contributed by atoms with E-state index in [9.17, 15) is 9.59 Å². The molecule has 0 saturated carbocycles. The lowest BCUT2D eigenvalue weighted by Crippen LogP contribution is -2.38. The Bertz CT molecular complexity index is 501. The summed E-state index contributed by atoms with van der Waals surface area (Å²) in [5, 5.41) is 2.87. The topological polar surface area (TPSA) is 84.7 Å². The molecule has 0 radical (unpaired) electrons. The van der Waals surface area contributed by atoms with Gasteiger partial charge in [0.2, 0.25) is 11.8 Å². The Morgan fingerprint density at radius 2 is 1.91 bits per heavy atom. The van der Waals surface area contributed by atoms with Gasteiger partial charge in [-0.1, -0.05) is 30.3 Å². The van der Waals surface area contributed by atoms with Crippen LogP contribution in [0, 0.1) is 0 Å². The van der Waals surface area contributed by atoms with Crippen molar-refractivity contribution < 1.29 is 14.3 Å². The standard InChI is InChI=1S/C17H25N3O3/c18-17(22)15(14-5-2-1-3-6-14)13-16(21)19-7-4-8-20-9-11-23-12-10-20/h1-3,5-6,15H,4,7-13H2,(H2,18,22)(H,19,21). The molecule has 1 aliphatic heterocycles. The number of benzene rings is 1. The summed E-state index contributed by atoms with van der Waals surface area (Å²) in [6.07, 6.45) is 0.981. The zero-order valence-corrected chi connectivity index (χ0v) is 13.4. The Hall–Kier alpha value is -1.92. The number of nitrogens with two attached hydrogens (primary N) is 1. The summed E-state index contributed by atoms with van der Waals surface area (Å²) in [4.78, 5) is 26.0. The first-order valence-corrected chi connectivity index (χ1v) is 8.08. The Kier molecular flexibility index (Phi) is 7.03. The SMILES string of the molecule is NC(=O)C(CC(=O)NCCCN1CCOCC1)c1ccccc1. The predicted molar refractivity (Wildman–Crippen MR) is 87.9 cm³/mol. The van der Waals surface area contributed by atoms with E-state index in [0.29, 0.717) is 6.54 Å². The maximum atomic E-state index is 12.0. The summed E-state index contributed by atoms with van der Waals surface area (Å²) in [5.41, 5.74) is 6.21. The van der Waals surface area contributed by atoms with E-state index >= 15 is 0 Å². The molecule has 6 nitrogen and oxygen atoms in total. The zero-order chi connectivity index (χ0) is 16.5. The Morgan fingerprint density at radius 3 is 2.57 bits per heavy atom. The molecule has 3 N–H and O–H groups in total. The molecule has 126 valence electrons. The number of amides is 2. The summed E-state index contributed by atoms with van der Waals surface area (Å²) in [5.74, 6) is -1.19. The molecule has 1 fully saturated rings. The molecule has 1 aromatic carbocycles. The van der Waals surface area contributed by atoms with Crippen molar-refractivity contribution in [2.75, 3.05) is 39.4 Å². The van der Waals surface area contributed by atoms with Crippen molar-refractivity contribution in [1.29, 1.82) is 0 Å². The van der Waals surface area contributed by atoms with E-state index in [-0.39, 0.29) is 12.3 Å². The Morgan fingerprint density at radius 1 is 1.22 bits per heavy atom. The van der Waals surface area contributed by atoms with Crippen LogP contribution in [0.2, 0.25) is 0 Å². The molecule has 1 saturated heterocycles. The number of rotatable bonds is 8. The van der Waals surface area contributed by atoms with Crippen molar-refractivity contribution in [3.63, 3.8) is 0 Å². The second kappa shape index (κ2) is 9.27. The highest BCUT2D eigenvalue weighted by molar-refractivity contribution is 5.88. The van der Waals surface area contributed by atoms with Gasteiger partial charge in [0.1, 0.15) is 0 Å². The number of primary amides is 1. The van der Waals surface area contributed by atoms with Crippen LogP contribution in [-0.4, -0.2) is 56.1 Å². The largest absolute Gasteiger partial charge is 0.379 e. The fraction of sp³-hybridized carbons (Fsp3) is 0.529. The maximum Gasteiger partial charge on any atom is 0.225 e. The average Bonchev–Trinajstić information content (AvgIpc) is 2.58. The third kappa shape index (κ3) is 6.00. The minimum Gasteiger partial charge on any atom is -0.379 e. The van der Waals surface area contributed by atoms with Crippen LogP contribution in [0.25, 0.3) is 0 Å². The highest BCUT2D eigenvalue weighted by atomic mass is 16.5. The van der Waals surface area contributed by atoms with Crippen LogP contribution >= 0.6 is 0 Å². The lowest BCUT2D eigenvalue weighted by atomic mass is 9.95. The van der Waals surface area contributed by atoms with Gasteiger partial charge in [0.25, 0.3) is 0 Å². The van der Waals surface area contributed by atoms with Gasteiger partial charge in [-0.3, -0.25) is 14.5 Å². The van der Waals surface area contributed by atoms with Crippen LogP contribution in [0.5, 0.6) is 0 Å². The van der Waals surface area contributed by atoms with Crippen LogP contribution in [0.1, 0.15) is 24.3 Å². The summed E-state index contributed by atoms with van der Waals surface area (Å²) in [6, 6.07) is 9.19. The van der Waals surface area contributed by atoms with Gasteiger partial charge in [-0.15, -0.1) is 0 Å². The molecule has 23 heavy (non-hydrogen) atoms. The molecule has 0 bridgehead atoms. The molecule has 1 heterocycles. The number of nitrogens with one attached hydrogen (secondary N) is 1. The first-order valence-electron chi connectivity index (χ1n) is 8.08. The lowest BCUT2D eigenvalue weighted by molar-refractivity contribution is -0.126. The van der Waals surface area contributed by atoms with E-state index in [4.69, 9.17) is 10.5 Å². The minimum atomic E-state index is -0.574. The third-order valence-electron chi connectivity index (χ3n) is 4.01. The van der Waals surface area contributed by atoms with E-state index in [1.165, 1.54) is 0 Å². The second-order valence-corrected chi connectivity index (χ2v) is 5.73. The summed E-state index contributed by atoms with van der Waals surface area (Å²) in [6.45, 7) is 5.02. The highest BCUT2D eigenvalue weighted by Gasteiger charge is 2.21. The molecular weight excluding hydrogens is 294 g/mol.